The number of para-hydroxylation sites is 1. The maximum atomic E-state index is 13.4. The summed E-state index contributed by atoms with van der Waals surface area (Å²) in [5, 5.41) is 6.38. The molecule has 0 aliphatic carbocycles. The van der Waals surface area contributed by atoms with Crippen molar-refractivity contribution in [3.05, 3.63) is 29.8 Å². The van der Waals surface area contributed by atoms with E-state index in [4.69, 9.17) is 0 Å². The maximum absolute atomic E-state index is 13.4. The smallest absolute Gasteiger partial charge is 0.250 e. The fourth-order valence-corrected chi connectivity index (χ4v) is 5.38. The molecule has 1 spiro atoms. The van der Waals surface area contributed by atoms with Crippen LogP contribution in [0.5, 0.6) is 0 Å². The van der Waals surface area contributed by atoms with E-state index in [1.165, 1.54) is 4.90 Å². The molecule has 27 heavy (non-hydrogen) atoms. The number of carbonyl (C=O) groups is 3. The van der Waals surface area contributed by atoms with Crippen molar-refractivity contribution >= 4 is 35.2 Å². The summed E-state index contributed by atoms with van der Waals surface area (Å²) >= 11 is 1.70. The molecule has 2 fully saturated rings. The molecule has 0 unspecified atom stereocenters. The van der Waals surface area contributed by atoms with Gasteiger partial charge in [-0.25, -0.2) is 0 Å². The molecule has 2 saturated heterocycles. The number of hydrogen-bond donors (Lipinski definition) is 2. The Labute approximate surface area is 163 Å². The van der Waals surface area contributed by atoms with Crippen molar-refractivity contribution < 1.29 is 14.4 Å². The SMILES string of the molecule is CC[C@H](C)N1C(=O)[C@H]2[C@@H](C1=O)[C@]1(N[C@@H]2CCSC)C(=O)Nc2ccccc21. The highest BCUT2D eigenvalue weighted by molar-refractivity contribution is 7.98. The number of likely N-dealkylation sites (tertiary alicyclic amines) is 1. The van der Waals surface area contributed by atoms with Crippen molar-refractivity contribution in [1.29, 1.82) is 0 Å². The zero-order valence-electron chi connectivity index (χ0n) is 15.8. The van der Waals surface area contributed by atoms with Crippen LogP contribution in [0.1, 0.15) is 32.3 Å². The van der Waals surface area contributed by atoms with Gasteiger partial charge in [0.15, 0.2) is 0 Å². The third-order valence-corrected chi connectivity index (χ3v) is 6.97. The molecule has 3 amide bonds. The molecule has 144 valence electrons. The molecule has 3 aliphatic rings. The van der Waals surface area contributed by atoms with Gasteiger partial charge in [0.2, 0.25) is 17.7 Å². The highest BCUT2D eigenvalue weighted by atomic mass is 32.2. The Hall–Kier alpha value is -1.86. The zero-order chi connectivity index (χ0) is 19.3. The lowest BCUT2D eigenvalue weighted by molar-refractivity contribution is -0.145. The molecule has 0 saturated carbocycles. The summed E-state index contributed by atoms with van der Waals surface area (Å²) in [4.78, 5) is 41.2. The topological polar surface area (TPSA) is 78.5 Å². The highest BCUT2D eigenvalue weighted by Gasteiger charge is 2.70. The van der Waals surface area contributed by atoms with Crippen molar-refractivity contribution in [2.75, 3.05) is 17.3 Å². The van der Waals surface area contributed by atoms with Gasteiger partial charge < -0.3 is 5.32 Å². The monoisotopic (exact) mass is 387 g/mol. The second-order valence-electron chi connectivity index (χ2n) is 7.65. The first kappa shape index (κ1) is 18.5. The van der Waals surface area contributed by atoms with E-state index < -0.39 is 17.4 Å². The summed E-state index contributed by atoms with van der Waals surface area (Å²) in [5.41, 5.74) is 0.351. The third-order valence-electron chi connectivity index (χ3n) is 6.32. The second kappa shape index (κ2) is 6.63. The van der Waals surface area contributed by atoms with Gasteiger partial charge in [-0.15, -0.1) is 0 Å². The standard InChI is InChI=1S/C20H25N3O3S/c1-4-11(2)23-17(24)15-14(9-10-27-3)22-20(16(15)18(23)25)12-7-5-6-8-13(12)21-19(20)26/h5-8,11,14-16,22H,4,9-10H2,1-3H3,(H,21,26)/t11-,14+,15+,16-,20-/m0/s1. The van der Waals surface area contributed by atoms with Crippen LogP contribution in [-0.4, -0.2) is 46.7 Å². The number of anilines is 1. The van der Waals surface area contributed by atoms with Crippen LogP contribution in [0.2, 0.25) is 0 Å². The van der Waals surface area contributed by atoms with E-state index >= 15 is 0 Å². The van der Waals surface area contributed by atoms with Gasteiger partial charge in [0.1, 0.15) is 5.54 Å². The van der Waals surface area contributed by atoms with Crippen LogP contribution in [0.4, 0.5) is 5.69 Å². The third kappa shape index (κ3) is 2.41. The molecule has 6 nitrogen and oxygen atoms in total. The minimum Gasteiger partial charge on any atom is -0.324 e. The maximum Gasteiger partial charge on any atom is 0.250 e. The normalized spacial score (nSPS) is 32.8. The van der Waals surface area contributed by atoms with Crippen LogP contribution in [0.25, 0.3) is 0 Å². The molecule has 7 heteroatoms. The van der Waals surface area contributed by atoms with Gasteiger partial charge in [-0.1, -0.05) is 25.1 Å². The van der Waals surface area contributed by atoms with Gasteiger partial charge in [0, 0.05) is 23.3 Å². The summed E-state index contributed by atoms with van der Waals surface area (Å²) in [5.74, 6) is -0.884. The van der Waals surface area contributed by atoms with Crippen molar-refractivity contribution in [3.63, 3.8) is 0 Å². The van der Waals surface area contributed by atoms with Crippen molar-refractivity contribution in [2.24, 2.45) is 11.8 Å². The molecule has 5 atom stereocenters. The first-order valence-electron chi connectivity index (χ1n) is 9.51. The number of amides is 3. The lowest BCUT2D eigenvalue weighted by atomic mass is 9.76. The largest absolute Gasteiger partial charge is 0.324 e. The predicted octanol–water partition coefficient (Wildman–Crippen LogP) is 1.96. The number of benzene rings is 1. The molecule has 0 radical (unpaired) electrons. The molecule has 4 rings (SSSR count). The molecule has 1 aromatic carbocycles. The molecular weight excluding hydrogens is 362 g/mol. The zero-order valence-corrected chi connectivity index (χ0v) is 16.6. The van der Waals surface area contributed by atoms with Gasteiger partial charge >= 0.3 is 0 Å². The summed E-state index contributed by atoms with van der Waals surface area (Å²) in [6.45, 7) is 3.87. The second-order valence-corrected chi connectivity index (χ2v) is 8.63. The van der Waals surface area contributed by atoms with Crippen LogP contribution in [0.3, 0.4) is 0 Å². The van der Waals surface area contributed by atoms with Gasteiger partial charge in [0.05, 0.1) is 11.8 Å². The number of carbonyl (C=O) groups excluding carboxylic acids is 3. The van der Waals surface area contributed by atoms with Crippen LogP contribution in [0.15, 0.2) is 24.3 Å². The summed E-state index contributed by atoms with van der Waals surface area (Å²) in [6, 6.07) is 7.13. The lowest BCUT2D eigenvalue weighted by Crippen LogP contribution is -2.54. The van der Waals surface area contributed by atoms with Crippen molar-refractivity contribution in [1.82, 2.24) is 10.2 Å². The molecule has 0 bridgehead atoms. The Morgan fingerprint density at radius 1 is 1.22 bits per heavy atom. The fraction of sp³-hybridized carbons (Fsp3) is 0.550. The first-order valence-corrected chi connectivity index (χ1v) is 10.9. The molecule has 2 N–H and O–H groups in total. The quantitative estimate of drug-likeness (QED) is 0.755. The van der Waals surface area contributed by atoms with Gasteiger partial charge in [-0.3, -0.25) is 24.6 Å². The van der Waals surface area contributed by atoms with Gasteiger partial charge in [-0.05, 0) is 37.8 Å². The Bertz CT molecular complexity index is 813. The summed E-state index contributed by atoms with van der Waals surface area (Å²) < 4.78 is 0. The molecule has 1 aromatic rings. The number of imide groups is 1. The van der Waals surface area contributed by atoms with Crippen molar-refractivity contribution in [3.8, 4) is 0 Å². The molecule has 0 aromatic heterocycles. The summed E-state index contributed by atoms with van der Waals surface area (Å²) in [6.07, 6.45) is 3.47. The average Bonchev–Trinajstić information content (AvgIpc) is 3.24. The van der Waals surface area contributed by atoms with E-state index in [0.717, 1.165) is 23.4 Å². The Kier molecular flexibility index (Phi) is 4.55. The number of nitrogens with zero attached hydrogens (tertiary/aromatic N) is 1. The van der Waals surface area contributed by atoms with E-state index in [-0.39, 0.29) is 29.8 Å². The fourth-order valence-electron chi connectivity index (χ4n) is 4.89. The molecule has 3 heterocycles. The van der Waals surface area contributed by atoms with Crippen LogP contribution in [-0.2, 0) is 19.9 Å². The average molecular weight is 388 g/mol. The molecule has 3 aliphatic heterocycles. The van der Waals surface area contributed by atoms with E-state index in [1.807, 2.05) is 44.4 Å². The predicted molar refractivity (Wildman–Crippen MR) is 105 cm³/mol. The van der Waals surface area contributed by atoms with Crippen molar-refractivity contribution in [2.45, 2.75) is 44.3 Å². The molecular formula is C20H25N3O3S. The van der Waals surface area contributed by atoms with E-state index in [2.05, 4.69) is 10.6 Å². The highest BCUT2D eigenvalue weighted by Crippen LogP contribution is 2.53. The lowest BCUT2D eigenvalue weighted by Gasteiger charge is -2.31. The number of fused-ring (bicyclic) bond motifs is 4. The summed E-state index contributed by atoms with van der Waals surface area (Å²) in [7, 11) is 0. The number of rotatable bonds is 5. The Morgan fingerprint density at radius 3 is 2.67 bits per heavy atom. The minimum absolute atomic E-state index is 0.132. The van der Waals surface area contributed by atoms with Crippen LogP contribution >= 0.6 is 11.8 Å². The van der Waals surface area contributed by atoms with Gasteiger partial charge in [-0.2, -0.15) is 11.8 Å². The number of hydrogen-bond acceptors (Lipinski definition) is 5. The van der Waals surface area contributed by atoms with Crippen LogP contribution < -0.4 is 10.6 Å². The minimum atomic E-state index is -1.15. The Balaban J connectivity index is 1.84. The number of thioether (sulfide) groups is 1. The van der Waals surface area contributed by atoms with E-state index in [9.17, 15) is 14.4 Å². The van der Waals surface area contributed by atoms with Gasteiger partial charge in [0.25, 0.3) is 0 Å². The number of nitrogens with one attached hydrogen (secondary N) is 2. The van der Waals surface area contributed by atoms with E-state index in [1.54, 1.807) is 11.8 Å². The Morgan fingerprint density at radius 2 is 1.96 bits per heavy atom. The van der Waals surface area contributed by atoms with E-state index in [0.29, 0.717) is 6.42 Å². The first-order chi connectivity index (χ1) is 13.0. The van der Waals surface area contributed by atoms with Crippen LogP contribution in [0, 0.1) is 11.8 Å².